The summed E-state index contributed by atoms with van der Waals surface area (Å²) in [5.41, 5.74) is 3.47. The molecule has 6 nitrogen and oxygen atoms in total. The van der Waals surface area contributed by atoms with Gasteiger partial charge in [-0.1, -0.05) is 6.07 Å². The van der Waals surface area contributed by atoms with Crippen molar-refractivity contribution in [1.29, 1.82) is 0 Å². The summed E-state index contributed by atoms with van der Waals surface area (Å²) in [7, 11) is 0. The van der Waals surface area contributed by atoms with Crippen LogP contribution in [0.3, 0.4) is 0 Å². The third-order valence-electron chi connectivity index (χ3n) is 5.57. The largest absolute Gasteiger partial charge is 0.484 e. The minimum Gasteiger partial charge on any atom is -0.484 e. The van der Waals surface area contributed by atoms with Crippen LogP contribution in [0, 0.1) is 20.8 Å². The molecule has 28 heavy (non-hydrogen) atoms. The van der Waals surface area contributed by atoms with E-state index in [9.17, 15) is 9.59 Å². The van der Waals surface area contributed by atoms with Crippen molar-refractivity contribution in [3.05, 3.63) is 62.5 Å². The van der Waals surface area contributed by atoms with Gasteiger partial charge in [-0.2, -0.15) is 0 Å². The molecule has 0 spiro atoms. The summed E-state index contributed by atoms with van der Waals surface area (Å²) < 4.78 is 22.6. The van der Waals surface area contributed by atoms with Crippen molar-refractivity contribution in [2.24, 2.45) is 0 Å². The molecule has 3 aromatic rings. The van der Waals surface area contributed by atoms with Gasteiger partial charge in [0.15, 0.2) is 17.3 Å². The lowest BCUT2D eigenvalue weighted by Crippen LogP contribution is -2.22. The van der Waals surface area contributed by atoms with Crippen LogP contribution >= 0.6 is 0 Å². The smallest absolute Gasteiger partial charge is 0.339 e. The van der Waals surface area contributed by atoms with Crippen LogP contribution < -0.4 is 19.8 Å². The summed E-state index contributed by atoms with van der Waals surface area (Å²) in [6.45, 7) is 5.58. The Morgan fingerprint density at radius 3 is 2.57 bits per heavy atom. The number of hydrogen-bond acceptors (Lipinski definition) is 6. The van der Waals surface area contributed by atoms with Gasteiger partial charge in [-0.25, -0.2) is 4.79 Å². The summed E-state index contributed by atoms with van der Waals surface area (Å²) in [5, 5.41) is 0.677. The molecular weight excluding hydrogens is 360 g/mol. The molecule has 0 radical (unpaired) electrons. The van der Waals surface area contributed by atoms with E-state index in [1.54, 1.807) is 13.0 Å². The van der Waals surface area contributed by atoms with Crippen LogP contribution in [0.2, 0.25) is 0 Å². The van der Waals surface area contributed by atoms with Crippen molar-refractivity contribution in [3.8, 4) is 17.2 Å². The van der Waals surface area contributed by atoms with Crippen LogP contribution in [0.5, 0.6) is 17.2 Å². The molecule has 6 heteroatoms. The fourth-order valence-corrected chi connectivity index (χ4v) is 3.93. The Hall–Kier alpha value is -3.28. The van der Waals surface area contributed by atoms with E-state index < -0.39 is 6.10 Å². The zero-order valence-corrected chi connectivity index (χ0v) is 15.8. The molecule has 0 N–H and O–H groups in total. The van der Waals surface area contributed by atoms with Crippen molar-refractivity contribution >= 4 is 16.8 Å². The molecule has 2 aliphatic heterocycles. The summed E-state index contributed by atoms with van der Waals surface area (Å²) in [6.07, 6.45) is -0.223. The zero-order chi connectivity index (χ0) is 19.6. The third kappa shape index (κ3) is 2.34. The highest BCUT2D eigenvalue weighted by Crippen LogP contribution is 2.44. The number of fused-ring (bicyclic) bond motifs is 4. The van der Waals surface area contributed by atoms with E-state index in [1.165, 1.54) is 0 Å². The first kappa shape index (κ1) is 16.9. The van der Waals surface area contributed by atoms with Gasteiger partial charge in [0.1, 0.15) is 17.4 Å². The second-order valence-corrected chi connectivity index (χ2v) is 7.26. The number of aryl methyl sites for hydroxylation is 2. The summed E-state index contributed by atoms with van der Waals surface area (Å²) in [4.78, 5) is 25.1. The third-order valence-corrected chi connectivity index (χ3v) is 5.57. The number of carbonyl (C=O) groups is 1. The van der Waals surface area contributed by atoms with E-state index in [-0.39, 0.29) is 24.6 Å². The number of hydrogen-bond donors (Lipinski definition) is 0. The number of ether oxygens (including phenoxy) is 3. The number of benzene rings is 2. The quantitative estimate of drug-likeness (QED) is 0.592. The minimum absolute atomic E-state index is 0.00608. The van der Waals surface area contributed by atoms with Gasteiger partial charge in [0.05, 0.1) is 17.4 Å². The minimum atomic E-state index is -0.453. The van der Waals surface area contributed by atoms with Crippen molar-refractivity contribution in [2.45, 2.75) is 33.3 Å². The van der Waals surface area contributed by atoms with Gasteiger partial charge >= 0.3 is 5.63 Å². The molecule has 5 rings (SSSR count). The van der Waals surface area contributed by atoms with Crippen LogP contribution in [0.25, 0.3) is 11.0 Å². The normalized spacial score (nSPS) is 17.5. The van der Waals surface area contributed by atoms with E-state index in [2.05, 4.69) is 0 Å². The van der Waals surface area contributed by atoms with Crippen molar-refractivity contribution in [2.75, 3.05) is 6.79 Å². The summed E-state index contributed by atoms with van der Waals surface area (Å²) in [5.74, 6) is 1.82. The van der Waals surface area contributed by atoms with E-state index in [4.69, 9.17) is 18.6 Å². The second kappa shape index (κ2) is 5.86. The molecule has 3 heterocycles. The van der Waals surface area contributed by atoms with Crippen molar-refractivity contribution in [3.63, 3.8) is 0 Å². The molecule has 2 aromatic carbocycles. The van der Waals surface area contributed by atoms with Gasteiger partial charge in [-0.05, 0) is 55.7 Å². The summed E-state index contributed by atoms with van der Waals surface area (Å²) >= 11 is 0. The molecule has 0 saturated carbocycles. The molecule has 1 atom stereocenters. The first-order chi connectivity index (χ1) is 13.4. The predicted molar refractivity (Wildman–Crippen MR) is 102 cm³/mol. The van der Waals surface area contributed by atoms with Crippen molar-refractivity contribution < 1.29 is 23.4 Å². The Bertz CT molecular complexity index is 1220. The molecule has 0 bridgehead atoms. The van der Waals surface area contributed by atoms with Crippen molar-refractivity contribution in [1.82, 2.24) is 0 Å². The fraction of sp³-hybridized carbons (Fsp3) is 0.273. The Labute approximate surface area is 160 Å². The summed E-state index contributed by atoms with van der Waals surface area (Å²) in [6, 6.07) is 7.29. The highest BCUT2D eigenvalue weighted by atomic mass is 16.7. The maximum atomic E-state index is 13.0. The number of carbonyl (C=O) groups excluding carboxylic acids is 1. The lowest BCUT2D eigenvalue weighted by molar-refractivity contribution is 0.0852. The average molecular weight is 378 g/mol. The highest BCUT2D eigenvalue weighted by molar-refractivity contribution is 6.07. The lowest BCUT2D eigenvalue weighted by atomic mass is 9.90. The first-order valence-corrected chi connectivity index (χ1v) is 9.11. The van der Waals surface area contributed by atoms with Gasteiger partial charge in [0.2, 0.25) is 6.79 Å². The van der Waals surface area contributed by atoms with E-state index in [0.29, 0.717) is 39.3 Å². The van der Waals surface area contributed by atoms with Crippen LogP contribution in [0.4, 0.5) is 0 Å². The SMILES string of the molecule is Cc1cc2oc(=O)c(C)c(C)c2c2c1C(=O)CC(c1ccc3c(c1)OCO3)O2. The van der Waals surface area contributed by atoms with Gasteiger partial charge < -0.3 is 18.6 Å². The number of Topliss-reactive ketones (excluding diaryl/α,β-unsaturated/α-hetero) is 1. The number of rotatable bonds is 1. The molecular formula is C22H18O6. The van der Waals surface area contributed by atoms with E-state index >= 15 is 0 Å². The van der Waals surface area contributed by atoms with Gasteiger partial charge in [-0.15, -0.1) is 0 Å². The Kier molecular flexibility index (Phi) is 3.53. The Morgan fingerprint density at radius 2 is 1.75 bits per heavy atom. The number of ketones is 1. The standard InChI is InChI=1S/C22H18O6/c1-10-6-18-20(11(2)12(3)22(24)28-18)21-19(10)14(23)8-16(27-21)13-4-5-15-17(7-13)26-9-25-15/h4-7,16H,8-9H2,1-3H3. The topological polar surface area (TPSA) is 75.0 Å². The molecule has 1 aromatic heterocycles. The Balaban J connectivity index is 1.70. The van der Waals surface area contributed by atoms with E-state index in [1.807, 2.05) is 32.0 Å². The second-order valence-electron chi connectivity index (χ2n) is 7.26. The molecule has 142 valence electrons. The fourth-order valence-electron chi connectivity index (χ4n) is 3.93. The molecule has 0 fully saturated rings. The Morgan fingerprint density at radius 1 is 0.964 bits per heavy atom. The van der Waals surface area contributed by atoms with Gasteiger partial charge in [0, 0.05) is 5.56 Å². The maximum Gasteiger partial charge on any atom is 0.339 e. The molecule has 2 aliphatic rings. The van der Waals surface area contributed by atoms with E-state index in [0.717, 1.165) is 16.7 Å². The molecule has 1 unspecified atom stereocenters. The monoisotopic (exact) mass is 378 g/mol. The van der Waals surface area contributed by atoms with Crippen LogP contribution in [-0.4, -0.2) is 12.6 Å². The van der Waals surface area contributed by atoms with Gasteiger partial charge in [-0.3, -0.25) is 4.79 Å². The van der Waals surface area contributed by atoms with Crippen LogP contribution in [-0.2, 0) is 0 Å². The van der Waals surface area contributed by atoms with Crippen LogP contribution in [0.15, 0.2) is 33.5 Å². The molecule has 0 amide bonds. The van der Waals surface area contributed by atoms with Gasteiger partial charge in [0.25, 0.3) is 0 Å². The first-order valence-electron chi connectivity index (χ1n) is 9.11. The zero-order valence-electron chi connectivity index (χ0n) is 15.8. The molecule has 0 saturated heterocycles. The van der Waals surface area contributed by atoms with Crippen LogP contribution in [0.1, 0.15) is 45.1 Å². The maximum absolute atomic E-state index is 13.0. The highest BCUT2D eigenvalue weighted by Gasteiger charge is 2.33. The average Bonchev–Trinajstić information content (AvgIpc) is 3.13. The lowest BCUT2D eigenvalue weighted by Gasteiger charge is -2.28. The molecule has 0 aliphatic carbocycles. The predicted octanol–water partition coefficient (Wildman–Crippen LogP) is 4.15.